The molecule has 0 saturated carbocycles. The van der Waals surface area contributed by atoms with Crippen LogP contribution < -0.4 is 10.6 Å². The van der Waals surface area contributed by atoms with Crippen LogP contribution in [-0.2, 0) is 22.4 Å². The van der Waals surface area contributed by atoms with Gasteiger partial charge in [-0.1, -0.05) is 30.3 Å². The van der Waals surface area contributed by atoms with Gasteiger partial charge in [0.25, 0.3) is 5.91 Å². The number of amides is 2. The van der Waals surface area contributed by atoms with Gasteiger partial charge in [0, 0.05) is 26.4 Å². The predicted octanol–water partition coefficient (Wildman–Crippen LogP) is 6.25. The number of carbonyl (C=O) groups excluding carboxylic acids is 3. The van der Waals surface area contributed by atoms with E-state index >= 15 is 0 Å². The number of rotatable bonds is 8. The Labute approximate surface area is 238 Å². The molecule has 1 aliphatic carbocycles. The zero-order valence-electron chi connectivity index (χ0n) is 21.6. The number of aryl methyl sites for hydroxylation is 1. The minimum absolute atomic E-state index is 0.0560. The molecule has 1 aliphatic rings. The van der Waals surface area contributed by atoms with E-state index in [2.05, 4.69) is 10.6 Å². The maximum absolute atomic E-state index is 13.2. The minimum atomic E-state index is -1.11. The molecular weight excluding hydrogens is 548 g/mol. The number of benzene rings is 3. The normalized spacial score (nSPS) is 12.4. The number of methoxy groups -OCH3 is 1. The second-order valence-corrected chi connectivity index (χ2v) is 11.4. The molecule has 0 unspecified atom stereocenters. The van der Waals surface area contributed by atoms with Crippen LogP contribution in [-0.4, -0.2) is 41.7 Å². The molecule has 1 aromatic heterocycles. The van der Waals surface area contributed by atoms with Crippen LogP contribution in [0.4, 0.5) is 10.7 Å². The van der Waals surface area contributed by atoms with E-state index in [1.165, 1.54) is 36.3 Å². The summed E-state index contributed by atoms with van der Waals surface area (Å²) in [4.78, 5) is 52.1. The van der Waals surface area contributed by atoms with Crippen LogP contribution in [0.25, 0.3) is 10.8 Å². The maximum atomic E-state index is 13.2. The van der Waals surface area contributed by atoms with Crippen LogP contribution in [0.5, 0.6) is 0 Å². The molecule has 0 atom stereocenters. The van der Waals surface area contributed by atoms with Gasteiger partial charge in [-0.3, -0.25) is 9.59 Å². The van der Waals surface area contributed by atoms with Crippen molar-refractivity contribution in [3.05, 3.63) is 87.8 Å². The van der Waals surface area contributed by atoms with Crippen molar-refractivity contribution < 1.29 is 29.0 Å². The third kappa shape index (κ3) is 5.73. The summed E-state index contributed by atoms with van der Waals surface area (Å²) < 4.78 is 4.98. The second-order valence-electron chi connectivity index (χ2n) is 9.24. The highest BCUT2D eigenvalue weighted by atomic mass is 32.2. The van der Waals surface area contributed by atoms with Crippen molar-refractivity contribution in [2.45, 2.75) is 30.6 Å². The molecule has 0 saturated heterocycles. The Morgan fingerprint density at radius 3 is 2.42 bits per heavy atom. The number of carboxylic acid groups (broad SMARTS) is 1. The molecule has 0 fully saturated rings. The van der Waals surface area contributed by atoms with E-state index in [4.69, 9.17) is 4.74 Å². The highest BCUT2D eigenvalue weighted by molar-refractivity contribution is 8.00. The lowest BCUT2D eigenvalue weighted by Gasteiger charge is -2.12. The van der Waals surface area contributed by atoms with Crippen molar-refractivity contribution in [3.63, 3.8) is 0 Å². The molecule has 8 nitrogen and oxygen atoms in total. The van der Waals surface area contributed by atoms with E-state index in [0.29, 0.717) is 27.0 Å². The topological polar surface area (TPSA) is 122 Å². The number of fused-ring (bicyclic) bond motifs is 2. The van der Waals surface area contributed by atoms with Crippen molar-refractivity contribution in [1.29, 1.82) is 0 Å². The molecule has 5 rings (SSSR count). The Hall–Kier alpha value is -4.15. The number of carboxylic acids is 1. The third-order valence-electron chi connectivity index (χ3n) is 6.66. The molecule has 3 aromatic carbocycles. The van der Waals surface area contributed by atoms with E-state index in [9.17, 15) is 24.3 Å². The van der Waals surface area contributed by atoms with Gasteiger partial charge < -0.3 is 20.5 Å². The third-order valence-corrected chi connectivity index (χ3v) is 8.86. The second kappa shape index (κ2) is 11.9. The van der Waals surface area contributed by atoms with Gasteiger partial charge in [0.15, 0.2) is 0 Å². The van der Waals surface area contributed by atoms with Crippen molar-refractivity contribution in [2.24, 2.45) is 0 Å². The first kappa shape index (κ1) is 27.4. The van der Waals surface area contributed by atoms with Crippen LogP contribution in [0.15, 0.2) is 65.6 Å². The molecular formula is C30H26N2O6S2. The van der Waals surface area contributed by atoms with Gasteiger partial charge in [0.1, 0.15) is 5.00 Å². The number of esters is 1. The first-order valence-corrected chi connectivity index (χ1v) is 14.5. The first-order chi connectivity index (χ1) is 19.4. The van der Waals surface area contributed by atoms with E-state index in [-0.39, 0.29) is 22.8 Å². The summed E-state index contributed by atoms with van der Waals surface area (Å²) in [6, 6.07) is 17.0. The quantitative estimate of drug-likeness (QED) is 0.168. The standard InChI is InChI=1S/C30H26N2O6S2/c1-38-30(37)26-20-11-2-3-14-23(20)40-28(26)32-24(33)16-39-19-10-6-9-18(15-19)31-27(34)21-12-4-7-17-8-5-13-22(25(17)21)29(35)36/h4-10,12-13,15H,2-3,11,14,16H2,1H3,(H,31,34)(H,32,33)(H,35,36). The number of nitrogens with one attached hydrogen (secondary N) is 2. The first-order valence-electron chi connectivity index (χ1n) is 12.7. The summed E-state index contributed by atoms with van der Waals surface area (Å²) in [5, 5.41) is 16.9. The summed E-state index contributed by atoms with van der Waals surface area (Å²) in [7, 11) is 1.34. The van der Waals surface area contributed by atoms with E-state index in [0.717, 1.165) is 41.0 Å². The SMILES string of the molecule is COC(=O)c1c(NC(=O)CSc2cccc(NC(=O)c3cccc4cccc(C(=O)O)c34)c2)sc2c1CCCC2. The number of hydrogen-bond donors (Lipinski definition) is 3. The molecule has 40 heavy (non-hydrogen) atoms. The molecule has 4 aromatic rings. The summed E-state index contributed by atoms with van der Waals surface area (Å²) in [6.07, 6.45) is 3.76. The zero-order chi connectivity index (χ0) is 28.2. The average Bonchev–Trinajstić information content (AvgIpc) is 3.32. The average molecular weight is 575 g/mol. The molecule has 0 radical (unpaired) electrons. The van der Waals surface area contributed by atoms with E-state index in [1.807, 2.05) is 6.07 Å². The number of ether oxygens (including phenoxy) is 1. The molecule has 204 valence electrons. The van der Waals surface area contributed by atoms with Gasteiger partial charge in [-0.2, -0.15) is 0 Å². The Morgan fingerprint density at radius 1 is 0.950 bits per heavy atom. The molecule has 10 heteroatoms. The highest BCUT2D eigenvalue weighted by Crippen LogP contribution is 2.38. The van der Waals surface area contributed by atoms with E-state index < -0.39 is 17.8 Å². The lowest BCUT2D eigenvalue weighted by atomic mass is 9.95. The number of thiophene rings is 1. The van der Waals surface area contributed by atoms with Crippen LogP contribution in [0.2, 0.25) is 0 Å². The van der Waals surface area contributed by atoms with Crippen LogP contribution in [0.1, 0.15) is 54.4 Å². The lowest BCUT2D eigenvalue weighted by molar-refractivity contribution is -0.113. The molecule has 2 amide bonds. The fourth-order valence-corrected chi connectivity index (χ4v) is 6.90. The van der Waals surface area contributed by atoms with Gasteiger partial charge in [-0.25, -0.2) is 9.59 Å². The summed E-state index contributed by atoms with van der Waals surface area (Å²) in [5.74, 6) is -2.13. The fraction of sp³-hybridized carbons (Fsp3) is 0.200. The Balaban J connectivity index is 1.27. The Bertz CT molecular complexity index is 1640. The van der Waals surface area contributed by atoms with Crippen molar-refractivity contribution in [3.8, 4) is 0 Å². The Morgan fingerprint density at radius 2 is 1.68 bits per heavy atom. The number of anilines is 2. The maximum Gasteiger partial charge on any atom is 0.341 e. The smallest absolute Gasteiger partial charge is 0.341 e. The fourth-order valence-electron chi connectivity index (χ4n) is 4.85. The van der Waals surface area contributed by atoms with Gasteiger partial charge in [0.2, 0.25) is 5.91 Å². The van der Waals surface area contributed by atoms with Gasteiger partial charge in [-0.15, -0.1) is 23.1 Å². The monoisotopic (exact) mass is 574 g/mol. The van der Waals surface area contributed by atoms with Crippen LogP contribution in [0.3, 0.4) is 0 Å². The molecule has 1 heterocycles. The van der Waals surface area contributed by atoms with Crippen LogP contribution >= 0.6 is 23.1 Å². The molecule has 0 bridgehead atoms. The lowest BCUT2D eigenvalue weighted by Crippen LogP contribution is -2.16. The number of thioether (sulfide) groups is 1. The van der Waals surface area contributed by atoms with Gasteiger partial charge in [0.05, 0.1) is 24.0 Å². The number of aromatic carboxylic acids is 1. The van der Waals surface area contributed by atoms with Crippen LogP contribution in [0, 0.1) is 0 Å². The minimum Gasteiger partial charge on any atom is -0.478 e. The summed E-state index contributed by atoms with van der Waals surface area (Å²) in [5.41, 5.74) is 2.27. The van der Waals surface area contributed by atoms with E-state index in [1.54, 1.807) is 48.5 Å². The summed E-state index contributed by atoms with van der Waals surface area (Å²) >= 11 is 2.74. The number of hydrogen-bond acceptors (Lipinski definition) is 7. The largest absolute Gasteiger partial charge is 0.478 e. The predicted molar refractivity (Wildman–Crippen MR) is 157 cm³/mol. The van der Waals surface area contributed by atoms with Gasteiger partial charge >= 0.3 is 11.9 Å². The number of carbonyl (C=O) groups is 4. The molecule has 3 N–H and O–H groups in total. The molecule has 0 spiro atoms. The van der Waals surface area contributed by atoms with Crippen molar-refractivity contribution in [2.75, 3.05) is 23.5 Å². The van der Waals surface area contributed by atoms with Crippen molar-refractivity contribution in [1.82, 2.24) is 0 Å². The summed E-state index contributed by atoms with van der Waals surface area (Å²) in [6.45, 7) is 0. The molecule has 0 aliphatic heterocycles. The Kier molecular flexibility index (Phi) is 8.18. The van der Waals surface area contributed by atoms with Gasteiger partial charge in [-0.05, 0) is 67.0 Å². The zero-order valence-corrected chi connectivity index (χ0v) is 23.2. The van der Waals surface area contributed by atoms with Crippen molar-refractivity contribution >= 4 is 68.3 Å². The highest BCUT2D eigenvalue weighted by Gasteiger charge is 2.27.